The van der Waals surface area contributed by atoms with Gasteiger partial charge in [0, 0.05) is 44.7 Å². The van der Waals surface area contributed by atoms with E-state index in [0.717, 1.165) is 37.3 Å². The molecule has 2 aromatic carbocycles. The van der Waals surface area contributed by atoms with Crippen LogP contribution in [0, 0.1) is 13.8 Å². The summed E-state index contributed by atoms with van der Waals surface area (Å²) in [7, 11) is 2.05. The van der Waals surface area contributed by atoms with Gasteiger partial charge in [0.25, 0.3) is 5.91 Å². The van der Waals surface area contributed by atoms with Crippen molar-refractivity contribution in [3.63, 3.8) is 0 Å². The molecule has 0 atom stereocenters. The molecule has 0 bridgehead atoms. The largest absolute Gasteiger partial charge is 0.485 e. The fraction of sp³-hybridized carbons (Fsp3) is 0.444. The number of nitrogens with zero attached hydrogens (tertiary/aromatic N) is 3. The number of Topliss-reactive ketones (excluding diaryl/α,β-unsaturated/α-hetero) is 1. The molecular weight excluding hydrogens is 446 g/mol. The molecule has 0 unspecified atom stereocenters. The molecule has 1 fully saturated rings. The Bertz CT molecular complexity index is 1090. The van der Waals surface area contributed by atoms with Gasteiger partial charge in [-0.3, -0.25) is 14.4 Å². The summed E-state index contributed by atoms with van der Waals surface area (Å²) in [6.45, 7) is 7.44. The van der Waals surface area contributed by atoms with Crippen molar-refractivity contribution >= 4 is 23.3 Å². The maximum Gasteiger partial charge on any atom is 0.265 e. The first-order valence-electron chi connectivity index (χ1n) is 12.1. The van der Waals surface area contributed by atoms with Crippen LogP contribution >= 0.6 is 0 Å². The highest BCUT2D eigenvalue weighted by molar-refractivity contribution is 6.02. The molecule has 1 saturated heterocycles. The minimum atomic E-state index is -0.185. The molecule has 0 N–H and O–H groups in total. The number of fused-ring (bicyclic) bond motifs is 1. The molecule has 8 heteroatoms. The van der Waals surface area contributed by atoms with Gasteiger partial charge in [-0.2, -0.15) is 0 Å². The van der Waals surface area contributed by atoms with Crippen LogP contribution in [-0.4, -0.2) is 80.4 Å². The van der Waals surface area contributed by atoms with Crippen molar-refractivity contribution in [2.45, 2.75) is 26.7 Å². The van der Waals surface area contributed by atoms with Crippen LogP contribution < -0.4 is 14.4 Å². The Morgan fingerprint density at radius 2 is 1.71 bits per heavy atom. The molecule has 2 amide bonds. The van der Waals surface area contributed by atoms with E-state index in [1.807, 2.05) is 36.9 Å². The summed E-state index contributed by atoms with van der Waals surface area (Å²) in [6, 6.07) is 10.9. The van der Waals surface area contributed by atoms with Crippen molar-refractivity contribution in [3.05, 3.63) is 53.1 Å². The molecule has 0 radical (unpaired) electrons. The molecule has 0 aliphatic carbocycles. The summed E-state index contributed by atoms with van der Waals surface area (Å²) in [5.41, 5.74) is 3.15. The van der Waals surface area contributed by atoms with Crippen molar-refractivity contribution in [2.24, 2.45) is 0 Å². The number of rotatable bonds is 8. The number of piperazine rings is 1. The molecule has 4 rings (SSSR count). The average molecular weight is 480 g/mol. The summed E-state index contributed by atoms with van der Waals surface area (Å²) in [5.74, 6) is 0.961. The maximum absolute atomic E-state index is 12.8. The van der Waals surface area contributed by atoms with Gasteiger partial charge in [0.15, 0.2) is 19.0 Å². The number of carbonyl (C=O) groups is 3. The number of likely N-dealkylation sites (N-methyl/N-ethyl adjacent to an activating group) is 1. The Hall–Kier alpha value is -3.39. The van der Waals surface area contributed by atoms with Crippen LogP contribution in [-0.2, 0) is 9.59 Å². The maximum atomic E-state index is 12.8. The van der Waals surface area contributed by atoms with Gasteiger partial charge < -0.3 is 24.2 Å². The molecule has 35 heavy (non-hydrogen) atoms. The first-order valence-corrected chi connectivity index (χ1v) is 12.1. The van der Waals surface area contributed by atoms with E-state index in [4.69, 9.17) is 9.47 Å². The zero-order valence-corrected chi connectivity index (χ0v) is 20.7. The molecule has 186 valence electrons. The van der Waals surface area contributed by atoms with Crippen molar-refractivity contribution in [1.82, 2.24) is 9.80 Å². The van der Waals surface area contributed by atoms with Gasteiger partial charge in [-0.25, -0.2) is 0 Å². The summed E-state index contributed by atoms with van der Waals surface area (Å²) in [4.78, 5) is 43.7. The lowest BCUT2D eigenvalue weighted by atomic mass is 10.1. The number of ether oxygens (including phenoxy) is 2. The Morgan fingerprint density at radius 3 is 2.43 bits per heavy atom. The van der Waals surface area contributed by atoms with Gasteiger partial charge in [0.05, 0.1) is 5.69 Å². The van der Waals surface area contributed by atoms with Gasteiger partial charge >= 0.3 is 0 Å². The second-order valence-corrected chi connectivity index (χ2v) is 9.34. The topological polar surface area (TPSA) is 79.4 Å². The molecule has 0 saturated carbocycles. The minimum absolute atomic E-state index is 0.0531. The summed E-state index contributed by atoms with van der Waals surface area (Å²) >= 11 is 0. The fourth-order valence-electron chi connectivity index (χ4n) is 4.47. The molecule has 2 heterocycles. The summed E-state index contributed by atoms with van der Waals surface area (Å²) in [5, 5.41) is 0. The molecular formula is C27H33N3O5. The fourth-order valence-corrected chi connectivity index (χ4v) is 4.47. The second-order valence-electron chi connectivity index (χ2n) is 9.34. The van der Waals surface area contributed by atoms with Crippen LogP contribution in [0.2, 0.25) is 0 Å². The van der Waals surface area contributed by atoms with E-state index in [0.29, 0.717) is 42.1 Å². The Morgan fingerprint density at radius 1 is 1.00 bits per heavy atom. The normalized spacial score (nSPS) is 16.0. The Balaban J connectivity index is 1.38. The van der Waals surface area contributed by atoms with Crippen LogP contribution in [0.1, 0.15) is 34.3 Å². The van der Waals surface area contributed by atoms with E-state index >= 15 is 0 Å². The van der Waals surface area contributed by atoms with Gasteiger partial charge in [-0.15, -0.1) is 0 Å². The highest BCUT2D eigenvalue weighted by Gasteiger charge is 2.27. The lowest BCUT2D eigenvalue weighted by molar-refractivity contribution is -0.133. The highest BCUT2D eigenvalue weighted by Crippen LogP contribution is 2.33. The van der Waals surface area contributed by atoms with Crippen LogP contribution in [0.15, 0.2) is 36.4 Å². The van der Waals surface area contributed by atoms with Gasteiger partial charge in [-0.1, -0.05) is 6.07 Å². The zero-order valence-electron chi connectivity index (χ0n) is 20.7. The lowest BCUT2D eigenvalue weighted by Gasteiger charge is -2.33. The minimum Gasteiger partial charge on any atom is -0.485 e. The molecule has 8 nitrogen and oxygen atoms in total. The number of amides is 2. The number of anilines is 1. The van der Waals surface area contributed by atoms with Crippen LogP contribution in [0.4, 0.5) is 5.69 Å². The van der Waals surface area contributed by atoms with Crippen molar-refractivity contribution in [2.75, 3.05) is 57.9 Å². The number of carbonyl (C=O) groups excluding carboxylic acids is 3. The third-order valence-electron chi connectivity index (χ3n) is 6.42. The third kappa shape index (κ3) is 6.19. The number of hydrogen-bond donors (Lipinski definition) is 0. The van der Waals surface area contributed by atoms with Crippen molar-refractivity contribution in [1.29, 1.82) is 0 Å². The van der Waals surface area contributed by atoms with Crippen LogP contribution in [0.3, 0.4) is 0 Å². The predicted octanol–water partition coefficient (Wildman–Crippen LogP) is 2.84. The monoisotopic (exact) mass is 479 g/mol. The standard InChI is InChI=1S/C27H33N3O5/c1-19-13-20(2)15-22(14-19)34-17-24(31)21-6-7-25-23(16-21)30(27(33)18-35-25)8-4-5-26(32)29-11-9-28(3)10-12-29/h6-7,13-16H,4-5,8-12,17-18H2,1-3H3. The lowest BCUT2D eigenvalue weighted by Crippen LogP contribution is -2.47. The van der Waals surface area contributed by atoms with E-state index in [1.54, 1.807) is 23.1 Å². The highest BCUT2D eigenvalue weighted by atomic mass is 16.5. The predicted molar refractivity (Wildman–Crippen MR) is 133 cm³/mol. The molecule has 2 aromatic rings. The molecule has 0 aromatic heterocycles. The Labute approximate surface area is 206 Å². The molecule has 2 aliphatic rings. The van der Waals surface area contributed by atoms with Gasteiger partial charge in [0.2, 0.25) is 5.91 Å². The Kier molecular flexibility index (Phi) is 7.70. The van der Waals surface area contributed by atoms with E-state index in [-0.39, 0.29) is 30.8 Å². The smallest absolute Gasteiger partial charge is 0.265 e. The van der Waals surface area contributed by atoms with Crippen molar-refractivity contribution < 1.29 is 23.9 Å². The van der Waals surface area contributed by atoms with E-state index in [9.17, 15) is 14.4 Å². The number of benzene rings is 2. The summed E-state index contributed by atoms with van der Waals surface area (Å²) < 4.78 is 11.3. The number of ketones is 1. The van der Waals surface area contributed by atoms with E-state index in [1.165, 1.54) is 0 Å². The van der Waals surface area contributed by atoms with E-state index in [2.05, 4.69) is 11.9 Å². The van der Waals surface area contributed by atoms with Gasteiger partial charge in [-0.05, 0) is 68.8 Å². The van der Waals surface area contributed by atoms with Crippen molar-refractivity contribution in [3.8, 4) is 11.5 Å². The van der Waals surface area contributed by atoms with Crippen LogP contribution in [0.25, 0.3) is 0 Å². The van der Waals surface area contributed by atoms with Crippen LogP contribution in [0.5, 0.6) is 11.5 Å². The summed E-state index contributed by atoms with van der Waals surface area (Å²) in [6.07, 6.45) is 0.927. The SMILES string of the molecule is Cc1cc(C)cc(OCC(=O)c2ccc3c(c2)N(CCCC(=O)N2CCN(C)CC2)C(=O)CO3)c1. The first-order chi connectivity index (χ1) is 16.8. The average Bonchev–Trinajstić information content (AvgIpc) is 2.83. The zero-order chi connectivity index (χ0) is 24.9. The number of hydrogen-bond acceptors (Lipinski definition) is 6. The number of aryl methyl sites for hydroxylation is 2. The molecule has 2 aliphatic heterocycles. The first kappa shape index (κ1) is 24.7. The van der Waals surface area contributed by atoms with E-state index < -0.39 is 0 Å². The second kappa shape index (κ2) is 10.9. The quantitative estimate of drug-likeness (QED) is 0.542. The van der Waals surface area contributed by atoms with Gasteiger partial charge in [0.1, 0.15) is 11.5 Å². The molecule has 0 spiro atoms. The third-order valence-corrected chi connectivity index (χ3v) is 6.42.